The van der Waals surface area contributed by atoms with Gasteiger partial charge in [-0.15, -0.1) is 0 Å². The monoisotopic (exact) mass is 490 g/mol. The fourth-order valence-electron chi connectivity index (χ4n) is 5.12. The lowest BCUT2D eigenvalue weighted by Crippen LogP contribution is -2.30. The number of fused-ring (bicyclic) bond motifs is 1. The third kappa shape index (κ3) is 5.75. The Morgan fingerprint density at radius 3 is 2.78 bits per heavy atom. The predicted molar refractivity (Wildman–Crippen MR) is 153 cm³/mol. The van der Waals surface area contributed by atoms with Gasteiger partial charge in [0.1, 0.15) is 6.07 Å². The smallest absolute Gasteiger partial charge is 0.103 e. The van der Waals surface area contributed by atoms with Crippen LogP contribution in [-0.4, -0.2) is 52.5 Å². The SMILES string of the molecule is CCN1CCCN(Cc2cccc(C=Cc3cncc(C#N)c3Nc3ccc4[nH]ccc4c3C)c2)CC1. The topological polar surface area (TPSA) is 71.0 Å². The maximum atomic E-state index is 9.79. The van der Waals surface area contributed by atoms with E-state index in [1.54, 1.807) is 6.20 Å². The Labute approximate surface area is 219 Å². The van der Waals surface area contributed by atoms with Crippen LogP contribution in [0.5, 0.6) is 0 Å². The molecule has 1 aliphatic rings. The van der Waals surface area contributed by atoms with E-state index in [-0.39, 0.29) is 0 Å². The summed E-state index contributed by atoms with van der Waals surface area (Å²) in [4.78, 5) is 12.7. The van der Waals surface area contributed by atoms with E-state index in [4.69, 9.17) is 0 Å². The number of H-pyrrole nitrogens is 1. The van der Waals surface area contributed by atoms with E-state index in [1.807, 2.05) is 18.5 Å². The molecule has 6 nitrogen and oxygen atoms in total. The second-order valence-electron chi connectivity index (χ2n) is 9.71. The average molecular weight is 491 g/mol. The van der Waals surface area contributed by atoms with Gasteiger partial charge in [0.25, 0.3) is 0 Å². The molecule has 1 fully saturated rings. The number of aromatic amines is 1. The lowest BCUT2D eigenvalue weighted by Gasteiger charge is -2.21. The second-order valence-corrected chi connectivity index (χ2v) is 9.71. The third-order valence-corrected chi connectivity index (χ3v) is 7.30. The zero-order chi connectivity index (χ0) is 25.6. The Bertz CT molecular complexity index is 1440. The first-order valence-electron chi connectivity index (χ1n) is 13.1. The van der Waals surface area contributed by atoms with Crippen molar-refractivity contribution in [2.45, 2.75) is 26.8 Å². The number of hydrogen-bond donors (Lipinski definition) is 2. The van der Waals surface area contributed by atoms with Gasteiger partial charge in [0.05, 0.1) is 11.3 Å². The molecule has 0 unspecified atom stereocenters. The standard InChI is InChI=1S/C31H34N6/c1-3-36-14-5-15-37(17-16-36)22-25-7-4-6-24(18-25)8-9-26-20-33-21-27(19-32)31(26)35-29-10-11-30-28(23(29)2)12-13-34-30/h4,6-13,18,20-21,34H,3,5,14-17,22H2,1-2H3,(H,33,35). The molecule has 37 heavy (non-hydrogen) atoms. The van der Waals surface area contributed by atoms with E-state index in [9.17, 15) is 5.26 Å². The quantitative estimate of drug-likeness (QED) is 0.323. The number of likely N-dealkylation sites (N-methyl/N-ethyl adjacent to an activating group) is 1. The van der Waals surface area contributed by atoms with Crippen molar-refractivity contribution >= 4 is 34.4 Å². The number of nitriles is 1. The molecule has 5 rings (SSSR count). The average Bonchev–Trinajstić information content (AvgIpc) is 3.30. The van der Waals surface area contributed by atoms with Gasteiger partial charge >= 0.3 is 0 Å². The van der Waals surface area contributed by atoms with Crippen LogP contribution in [0.1, 0.15) is 41.2 Å². The largest absolute Gasteiger partial charge is 0.361 e. The molecular formula is C31H34N6. The highest BCUT2D eigenvalue weighted by molar-refractivity contribution is 5.90. The first-order chi connectivity index (χ1) is 18.1. The number of pyridine rings is 1. The minimum atomic E-state index is 0.520. The molecule has 1 aliphatic heterocycles. The molecule has 2 aromatic heterocycles. The zero-order valence-corrected chi connectivity index (χ0v) is 21.7. The van der Waals surface area contributed by atoms with Gasteiger partial charge in [0.2, 0.25) is 0 Å². The zero-order valence-electron chi connectivity index (χ0n) is 21.7. The van der Waals surface area contributed by atoms with E-state index < -0.39 is 0 Å². The van der Waals surface area contributed by atoms with Gasteiger partial charge in [-0.25, -0.2) is 0 Å². The number of aromatic nitrogens is 2. The Morgan fingerprint density at radius 2 is 1.92 bits per heavy atom. The molecule has 0 amide bonds. The van der Waals surface area contributed by atoms with Crippen LogP contribution in [-0.2, 0) is 6.54 Å². The number of nitrogens with zero attached hydrogens (tertiary/aromatic N) is 4. The Balaban J connectivity index is 1.36. The summed E-state index contributed by atoms with van der Waals surface area (Å²) in [6.45, 7) is 11.0. The molecule has 0 atom stereocenters. The summed E-state index contributed by atoms with van der Waals surface area (Å²) in [5.41, 5.74) is 7.85. The van der Waals surface area contributed by atoms with Crippen molar-refractivity contribution in [3.63, 3.8) is 0 Å². The molecule has 0 saturated carbocycles. The van der Waals surface area contributed by atoms with Gasteiger partial charge < -0.3 is 15.2 Å². The minimum Gasteiger partial charge on any atom is -0.361 e. The Morgan fingerprint density at radius 1 is 1.05 bits per heavy atom. The molecule has 4 aromatic rings. The van der Waals surface area contributed by atoms with Crippen LogP contribution in [0.3, 0.4) is 0 Å². The molecule has 2 N–H and O–H groups in total. The number of nitrogens with one attached hydrogen (secondary N) is 2. The summed E-state index contributed by atoms with van der Waals surface area (Å²) < 4.78 is 0. The lowest BCUT2D eigenvalue weighted by molar-refractivity contribution is 0.257. The summed E-state index contributed by atoms with van der Waals surface area (Å²) in [6.07, 6.45) is 10.8. The molecule has 0 bridgehead atoms. The first kappa shape index (κ1) is 24.8. The highest BCUT2D eigenvalue weighted by Gasteiger charge is 2.14. The number of hydrogen-bond acceptors (Lipinski definition) is 5. The van der Waals surface area contributed by atoms with Gasteiger partial charge in [-0.1, -0.05) is 43.3 Å². The molecule has 3 heterocycles. The van der Waals surface area contributed by atoms with Gasteiger partial charge in [-0.05, 0) is 67.9 Å². The molecule has 0 aliphatic carbocycles. The molecular weight excluding hydrogens is 456 g/mol. The third-order valence-electron chi connectivity index (χ3n) is 7.30. The predicted octanol–water partition coefficient (Wildman–Crippen LogP) is 6.18. The fraction of sp³-hybridized carbons (Fsp3) is 0.290. The molecule has 0 radical (unpaired) electrons. The van der Waals surface area contributed by atoms with E-state index in [2.05, 4.69) is 93.5 Å². The number of benzene rings is 2. The Hall–Kier alpha value is -3.92. The van der Waals surface area contributed by atoms with Crippen molar-refractivity contribution in [2.24, 2.45) is 0 Å². The number of anilines is 2. The lowest BCUT2D eigenvalue weighted by atomic mass is 10.1. The summed E-state index contributed by atoms with van der Waals surface area (Å²) in [7, 11) is 0. The van der Waals surface area contributed by atoms with Crippen molar-refractivity contribution in [2.75, 3.05) is 38.0 Å². The molecule has 188 valence electrons. The number of rotatable bonds is 7. The van der Waals surface area contributed by atoms with Gasteiger partial charge in [-0.2, -0.15) is 5.26 Å². The molecule has 0 spiro atoms. The van der Waals surface area contributed by atoms with E-state index >= 15 is 0 Å². The summed E-state index contributed by atoms with van der Waals surface area (Å²) in [5.74, 6) is 0. The van der Waals surface area contributed by atoms with Gasteiger partial charge in [-0.3, -0.25) is 9.88 Å². The van der Waals surface area contributed by atoms with Crippen LogP contribution in [0.4, 0.5) is 11.4 Å². The van der Waals surface area contributed by atoms with Crippen molar-refractivity contribution in [3.05, 3.63) is 88.9 Å². The first-order valence-corrected chi connectivity index (χ1v) is 13.1. The van der Waals surface area contributed by atoms with Crippen LogP contribution in [0.2, 0.25) is 0 Å². The van der Waals surface area contributed by atoms with Gasteiger partial charge in [0, 0.05) is 60.4 Å². The van der Waals surface area contributed by atoms with Crippen LogP contribution in [0.15, 0.2) is 61.1 Å². The summed E-state index contributed by atoms with van der Waals surface area (Å²) in [6, 6.07) is 17.2. The van der Waals surface area contributed by atoms with Crippen LogP contribution >= 0.6 is 0 Å². The van der Waals surface area contributed by atoms with Gasteiger partial charge in [0.15, 0.2) is 0 Å². The highest BCUT2D eigenvalue weighted by atomic mass is 15.2. The summed E-state index contributed by atoms with van der Waals surface area (Å²) in [5, 5.41) is 14.5. The molecule has 6 heteroatoms. The normalized spacial score (nSPS) is 15.2. The molecule has 2 aromatic carbocycles. The second kappa shape index (κ2) is 11.4. The van der Waals surface area contributed by atoms with E-state index in [0.29, 0.717) is 5.56 Å². The fourth-order valence-corrected chi connectivity index (χ4v) is 5.12. The number of aryl methyl sites for hydroxylation is 1. The van der Waals surface area contributed by atoms with Crippen molar-refractivity contribution in [1.29, 1.82) is 5.26 Å². The van der Waals surface area contributed by atoms with Crippen LogP contribution < -0.4 is 5.32 Å². The van der Waals surface area contributed by atoms with Crippen molar-refractivity contribution < 1.29 is 0 Å². The van der Waals surface area contributed by atoms with Crippen molar-refractivity contribution in [1.82, 2.24) is 19.8 Å². The van der Waals surface area contributed by atoms with E-state index in [1.165, 1.54) is 23.9 Å². The highest BCUT2D eigenvalue weighted by Crippen LogP contribution is 2.31. The van der Waals surface area contributed by atoms with Crippen molar-refractivity contribution in [3.8, 4) is 6.07 Å². The van der Waals surface area contributed by atoms with E-state index in [0.717, 1.165) is 66.3 Å². The van der Waals surface area contributed by atoms with Crippen LogP contribution in [0.25, 0.3) is 23.1 Å². The Kier molecular flexibility index (Phi) is 7.65. The molecule has 1 saturated heterocycles. The maximum absolute atomic E-state index is 9.79. The summed E-state index contributed by atoms with van der Waals surface area (Å²) >= 11 is 0. The minimum absolute atomic E-state index is 0.520. The maximum Gasteiger partial charge on any atom is 0.103 e. The van der Waals surface area contributed by atoms with Crippen LogP contribution in [0, 0.1) is 18.3 Å².